The molecule has 134 valence electrons. The van der Waals surface area contributed by atoms with Gasteiger partial charge in [-0.05, 0) is 61.9 Å². The summed E-state index contributed by atoms with van der Waals surface area (Å²) in [7, 11) is 1.39. The molecule has 1 aliphatic rings. The highest BCUT2D eigenvalue weighted by Gasteiger charge is 2.27. The van der Waals surface area contributed by atoms with Crippen molar-refractivity contribution in [3.8, 4) is 17.2 Å². The van der Waals surface area contributed by atoms with Gasteiger partial charge in [0.1, 0.15) is 17.1 Å². The fraction of sp³-hybridized carbons (Fsp3) is 0.190. The number of carbonyl (C=O) groups excluding carboxylic acids is 1. The Kier molecular flexibility index (Phi) is 4.55. The molecule has 5 heteroatoms. The Hall–Kier alpha value is -3.08. The minimum absolute atomic E-state index is 0.0458. The molecule has 0 spiro atoms. The zero-order valence-corrected chi connectivity index (χ0v) is 14.7. The highest BCUT2D eigenvalue weighted by atomic mass is 19.1. The van der Waals surface area contributed by atoms with Gasteiger partial charge in [0.15, 0.2) is 17.3 Å². The second-order valence-electron chi connectivity index (χ2n) is 6.51. The third-order valence-electron chi connectivity index (χ3n) is 4.06. The molecule has 3 rings (SSSR count). The predicted molar refractivity (Wildman–Crippen MR) is 98.2 cm³/mol. The summed E-state index contributed by atoms with van der Waals surface area (Å²) >= 11 is 0. The minimum atomic E-state index is -0.585. The van der Waals surface area contributed by atoms with Crippen molar-refractivity contribution in [3.63, 3.8) is 0 Å². The fourth-order valence-electron chi connectivity index (χ4n) is 2.68. The van der Waals surface area contributed by atoms with E-state index in [1.807, 2.05) is 19.9 Å². The molecule has 1 aliphatic heterocycles. The zero-order chi connectivity index (χ0) is 18.9. The van der Waals surface area contributed by atoms with Gasteiger partial charge in [-0.25, -0.2) is 4.39 Å². The Morgan fingerprint density at radius 2 is 2.04 bits per heavy atom. The van der Waals surface area contributed by atoms with Crippen LogP contribution in [0.15, 0.2) is 42.5 Å². The van der Waals surface area contributed by atoms with Crippen LogP contribution >= 0.6 is 0 Å². The Morgan fingerprint density at radius 3 is 2.73 bits per heavy atom. The summed E-state index contributed by atoms with van der Waals surface area (Å²) in [6, 6.07) is 7.42. The predicted octanol–water partition coefficient (Wildman–Crippen LogP) is 4.62. The van der Waals surface area contributed by atoms with Crippen molar-refractivity contribution in [2.45, 2.75) is 19.4 Å². The molecule has 4 nitrogen and oxygen atoms in total. The van der Waals surface area contributed by atoms with Crippen LogP contribution in [0.25, 0.3) is 12.2 Å². The van der Waals surface area contributed by atoms with E-state index in [2.05, 4.69) is 0 Å². The van der Waals surface area contributed by atoms with Crippen LogP contribution < -0.4 is 9.47 Å². The van der Waals surface area contributed by atoms with Crippen molar-refractivity contribution in [2.24, 2.45) is 0 Å². The number of fused-ring (bicyclic) bond motifs is 1. The van der Waals surface area contributed by atoms with E-state index in [-0.39, 0.29) is 17.3 Å². The van der Waals surface area contributed by atoms with E-state index in [0.717, 1.165) is 0 Å². The van der Waals surface area contributed by atoms with Gasteiger partial charge in [0.25, 0.3) is 0 Å². The van der Waals surface area contributed by atoms with E-state index >= 15 is 0 Å². The van der Waals surface area contributed by atoms with Gasteiger partial charge in [0.05, 0.1) is 18.2 Å². The molecule has 2 aromatic carbocycles. The maximum Gasteiger partial charge on any atom is 0.189 e. The number of rotatable bonds is 4. The first-order chi connectivity index (χ1) is 12.3. The molecule has 0 saturated carbocycles. The topological polar surface area (TPSA) is 55.8 Å². The average molecular weight is 354 g/mol. The van der Waals surface area contributed by atoms with Crippen molar-refractivity contribution in [2.75, 3.05) is 7.11 Å². The molecule has 2 aromatic rings. The summed E-state index contributed by atoms with van der Waals surface area (Å²) in [5.41, 5.74) is 0.753. The third-order valence-corrected chi connectivity index (χ3v) is 4.06. The van der Waals surface area contributed by atoms with Crippen molar-refractivity contribution >= 4 is 17.9 Å². The number of hydrogen-bond donors (Lipinski definition) is 1. The number of phenolic OH excluding ortho intramolecular Hbond substituents is 1. The molecule has 0 atom stereocenters. The Balaban J connectivity index is 1.92. The van der Waals surface area contributed by atoms with Crippen molar-refractivity contribution < 1.29 is 23.8 Å². The molecule has 26 heavy (non-hydrogen) atoms. The number of methoxy groups -OCH3 is 1. The number of phenols is 1. The Bertz CT molecular complexity index is 926. The van der Waals surface area contributed by atoms with Gasteiger partial charge in [-0.2, -0.15) is 0 Å². The highest BCUT2D eigenvalue weighted by molar-refractivity contribution is 6.09. The van der Waals surface area contributed by atoms with Gasteiger partial charge in [-0.1, -0.05) is 12.1 Å². The van der Waals surface area contributed by atoms with Gasteiger partial charge in [-0.15, -0.1) is 0 Å². The molecule has 0 radical (unpaired) electrons. The summed E-state index contributed by atoms with van der Waals surface area (Å²) < 4.78 is 24.5. The number of hydrogen-bond acceptors (Lipinski definition) is 4. The molecular formula is C21H19FO4. The molecular weight excluding hydrogens is 335 g/mol. The molecule has 0 bridgehead atoms. The summed E-state index contributed by atoms with van der Waals surface area (Å²) in [6.45, 7) is 3.72. The molecule has 0 aromatic heterocycles. The van der Waals surface area contributed by atoms with E-state index in [4.69, 9.17) is 9.47 Å². The third kappa shape index (κ3) is 3.47. The van der Waals surface area contributed by atoms with Crippen LogP contribution in [0.5, 0.6) is 17.2 Å². The molecule has 0 amide bonds. The summed E-state index contributed by atoms with van der Waals surface area (Å²) in [5, 5.41) is 10.0. The first-order valence-electron chi connectivity index (χ1n) is 8.11. The van der Waals surface area contributed by atoms with Crippen LogP contribution in [0.4, 0.5) is 4.39 Å². The molecule has 0 unspecified atom stereocenters. The monoisotopic (exact) mass is 354 g/mol. The number of carbonyl (C=O) groups is 1. The van der Waals surface area contributed by atoms with Crippen LogP contribution in [0.1, 0.15) is 35.3 Å². The van der Waals surface area contributed by atoms with Crippen LogP contribution in [-0.4, -0.2) is 23.6 Å². The lowest BCUT2D eigenvalue weighted by molar-refractivity contribution is 0.103. The minimum Gasteiger partial charge on any atom is -0.507 e. The molecule has 0 saturated heterocycles. The SMILES string of the molecule is COc1ccc(/C=C/C(=O)c2ccc(O)c3c2OC(C)(C)C=C3)cc1F. The Labute approximate surface area is 151 Å². The van der Waals surface area contributed by atoms with Gasteiger partial charge in [0.2, 0.25) is 0 Å². The normalized spacial score (nSPS) is 14.8. The highest BCUT2D eigenvalue weighted by Crippen LogP contribution is 2.39. The Morgan fingerprint density at radius 1 is 1.27 bits per heavy atom. The maximum absolute atomic E-state index is 13.8. The lowest BCUT2D eigenvalue weighted by Gasteiger charge is -2.29. The maximum atomic E-state index is 13.8. The number of aromatic hydroxyl groups is 1. The standard InChI is InChI=1S/C21H19FO4/c1-21(2)11-10-15-18(24)8-6-14(20(15)26-21)17(23)7-4-13-5-9-19(25-3)16(22)12-13/h4-12,24H,1-3H3/b7-4+. The van der Waals surface area contributed by atoms with Gasteiger partial charge >= 0.3 is 0 Å². The number of allylic oxidation sites excluding steroid dienone is 1. The fourth-order valence-corrected chi connectivity index (χ4v) is 2.68. The number of halogens is 1. The largest absolute Gasteiger partial charge is 0.507 e. The summed E-state index contributed by atoms with van der Waals surface area (Å²) in [5.74, 6) is -0.274. The van der Waals surface area contributed by atoms with Crippen molar-refractivity contribution in [3.05, 3.63) is 65.0 Å². The number of ketones is 1. The van der Waals surface area contributed by atoms with Crippen LogP contribution in [0.3, 0.4) is 0 Å². The number of ether oxygens (including phenoxy) is 2. The zero-order valence-electron chi connectivity index (χ0n) is 14.7. The van der Waals surface area contributed by atoms with E-state index in [9.17, 15) is 14.3 Å². The van der Waals surface area contributed by atoms with Crippen molar-refractivity contribution in [1.82, 2.24) is 0 Å². The van der Waals surface area contributed by atoms with Crippen LogP contribution in [0.2, 0.25) is 0 Å². The molecule has 1 heterocycles. The number of benzene rings is 2. The summed E-state index contributed by atoms with van der Waals surface area (Å²) in [4.78, 5) is 12.6. The second kappa shape index (κ2) is 6.67. The van der Waals surface area contributed by atoms with Gasteiger partial charge in [-0.3, -0.25) is 4.79 Å². The lowest BCUT2D eigenvalue weighted by atomic mass is 9.97. The average Bonchev–Trinajstić information content (AvgIpc) is 2.59. The van der Waals surface area contributed by atoms with Gasteiger partial charge < -0.3 is 14.6 Å². The second-order valence-corrected chi connectivity index (χ2v) is 6.51. The summed E-state index contributed by atoms with van der Waals surface area (Å²) in [6.07, 6.45) is 6.43. The molecule has 0 aliphatic carbocycles. The van der Waals surface area contributed by atoms with Crippen molar-refractivity contribution in [1.29, 1.82) is 0 Å². The lowest BCUT2D eigenvalue weighted by Crippen LogP contribution is -2.28. The van der Waals surface area contributed by atoms with E-state index in [1.54, 1.807) is 12.1 Å². The quantitative estimate of drug-likeness (QED) is 0.643. The first kappa shape index (κ1) is 17.7. The first-order valence-corrected chi connectivity index (χ1v) is 8.11. The van der Waals surface area contributed by atoms with E-state index in [0.29, 0.717) is 22.4 Å². The van der Waals surface area contributed by atoms with E-state index < -0.39 is 11.4 Å². The van der Waals surface area contributed by atoms with E-state index in [1.165, 1.54) is 43.5 Å². The molecule has 1 N–H and O–H groups in total. The van der Waals surface area contributed by atoms with Crippen LogP contribution in [0, 0.1) is 5.82 Å². The smallest absolute Gasteiger partial charge is 0.189 e. The van der Waals surface area contributed by atoms with Crippen LogP contribution in [-0.2, 0) is 0 Å². The van der Waals surface area contributed by atoms with Gasteiger partial charge in [0, 0.05) is 0 Å². The molecule has 0 fully saturated rings.